The molecule has 0 saturated heterocycles. The van der Waals surface area contributed by atoms with Gasteiger partial charge in [0, 0.05) is 12.0 Å². The Hall–Kier alpha value is -2.60. The molecule has 0 aliphatic heterocycles. The molecule has 0 radical (unpaired) electrons. The zero-order chi connectivity index (χ0) is 18.4. The van der Waals surface area contributed by atoms with Crippen LogP contribution in [0.4, 0.5) is 4.39 Å². The van der Waals surface area contributed by atoms with E-state index in [1.54, 1.807) is 18.2 Å². The molecule has 7 heteroatoms. The number of carbonyl (C=O) groups excluding carboxylic acids is 2. The Morgan fingerprint density at radius 2 is 1.96 bits per heavy atom. The Bertz CT molecular complexity index is 781. The maximum Gasteiger partial charge on any atom is 0.328 e. The third kappa shape index (κ3) is 4.93. The first kappa shape index (κ1) is 18.7. The summed E-state index contributed by atoms with van der Waals surface area (Å²) in [5, 5.41) is 2.94. The van der Waals surface area contributed by atoms with Gasteiger partial charge in [-0.05, 0) is 35.9 Å². The van der Waals surface area contributed by atoms with Crippen LogP contribution in [0.3, 0.4) is 0 Å². The number of esters is 1. The molecular formula is C18H17ClFNO4. The Labute approximate surface area is 149 Å². The lowest BCUT2D eigenvalue weighted by molar-refractivity contribution is -0.142. The van der Waals surface area contributed by atoms with Crippen LogP contribution in [0, 0.1) is 5.82 Å². The second-order valence-corrected chi connectivity index (χ2v) is 5.64. The standard InChI is InChI=1S/C18H17ClFNO4/c1-24-16-7-6-11(8-14(16)19)9-15(18(23)25-2)21-17(22)12-4-3-5-13(20)10-12/h3-8,10,15H,9H2,1-2H3,(H,21,22)/t15-/m1/s1. The molecule has 0 heterocycles. The molecule has 0 aliphatic rings. The van der Waals surface area contributed by atoms with E-state index in [4.69, 9.17) is 21.1 Å². The number of hydrogen-bond donors (Lipinski definition) is 1. The normalized spacial score (nSPS) is 11.5. The molecule has 1 atom stereocenters. The van der Waals surface area contributed by atoms with Crippen LogP contribution in [0.15, 0.2) is 42.5 Å². The van der Waals surface area contributed by atoms with Crippen molar-refractivity contribution in [3.8, 4) is 5.75 Å². The van der Waals surface area contributed by atoms with Gasteiger partial charge in [0.15, 0.2) is 0 Å². The summed E-state index contributed by atoms with van der Waals surface area (Å²) in [6.45, 7) is 0. The second-order valence-electron chi connectivity index (χ2n) is 5.23. The molecule has 0 aliphatic carbocycles. The van der Waals surface area contributed by atoms with Crippen molar-refractivity contribution in [3.63, 3.8) is 0 Å². The van der Waals surface area contributed by atoms with Gasteiger partial charge in [0.25, 0.3) is 5.91 Å². The molecule has 0 saturated carbocycles. The van der Waals surface area contributed by atoms with Gasteiger partial charge in [-0.15, -0.1) is 0 Å². The van der Waals surface area contributed by atoms with Crippen molar-refractivity contribution in [2.24, 2.45) is 0 Å². The van der Waals surface area contributed by atoms with Gasteiger partial charge in [0.05, 0.1) is 19.2 Å². The summed E-state index contributed by atoms with van der Waals surface area (Å²) in [7, 11) is 2.72. The number of amides is 1. The monoisotopic (exact) mass is 365 g/mol. The van der Waals surface area contributed by atoms with E-state index in [9.17, 15) is 14.0 Å². The number of methoxy groups -OCH3 is 2. The third-order valence-electron chi connectivity index (χ3n) is 3.53. The first-order chi connectivity index (χ1) is 11.9. The SMILES string of the molecule is COC(=O)[C@@H](Cc1ccc(OC)c(Cl)c1)NC(=O)c1cccc(F)c1. The van der Waals surface area contributed by atoms with E-state index in [-0.39, 0.29) is 12.0 Å². The van der Waals surface area contributed by atoms with Crippen LogP contribution < -0.4 is 10.1 Å². The minimum atomic E-state index is -0.940. The molecule has 0 bridgehead atoms. The molecule has 2 rings (SSSR count). The summed E-state index contributed by atoms with van der Waals surface area (Å²) in [4.78, 5) is 24.2. The molecule has 0 fully saturated rings. The van der Waals surface area contributed by atoms with Crippen molar-refractivity contribution in [1.82, 2.24) is 5.32 Å². The molecule has 25 heavy (non-hydrogen) atoms. The lowest BCUT2D eigenvalue weighted by atomic mass is 10.0. The van der Waals surface area contributed by atoms with E-state index in [1.807, 2.05) is 0 Å². The van der Waals surface area contributed by atoms with Crippen molar-refractivity contribution in [1.29, 1.82) is 0 Å². The van der Waals surface area contributed by atoms with Crippen LogP contribution in [0.1, 0.15) is 15.9 Å². The molecule has 2 aromatic carbocycles. The second kappa shape index (κ2) is 8.48. The summed E-state index contributed by atoms with van der Waals surface area (Å²) in [5.74, 6) is -1.22. The minimum absolute atomic E-state index is 0.113. The Morgan fingerprint density at radius 3 is 2.56 bits per heavy atom. The average molecular weight is 366 g/mol. The van der Waals surface area contributed by atoms with Crippen molar-refractivity contribution in [3.05, 3.63) is 64.4 Å². The summed E-state index contributed by atoms with van der Waals surface area (Å²) in [6, 6.07) is 9.30. The third-order valence-corrected chi connectivity index (χ3v) is 3.83. The van der Waals surface area contributed by atoms with Gasteiger partial charge in [0.2, 0.25) is 0 Å². The minimum Gasteiger partial charge on any atom is -0.495 e. The van der Waals surface area contributed by atoms with Gasteiger partial charge < -0.3 is 14.8 Å². The van der Waals surface area contributed by atoms with Crippen molar-refractivity contribution < 1.29 is 23.5 Å². The Kier molecular flexibility index (Phi) is 6.36. The van der Waals surface area contributed by atoms with E-state index in [0.717, 1.165) is 6.07 Å². The highest BCUT2D eigenvalue weighted by Gasteiger charge is 2.23. The summed E-state index contributed by atoms with van der Waals surface area (Å²) >= 11 is 6.08. The predicted octanol–water partition coefficient (Wildman–Crippen LogP) is 3.00. The van der Waals surface area contributed by atoms with Crippen LogP contribution >= 0.6 is 11.6 Å². The van der Waals surface area contributed by atoms with Gasteiger partial charge >= 0.3 is 5.97 Å². The molecule has 0 aromatic heterocycles. The number of halogens is 2. The molecule has 1 N–H and O–H groups in total. The van der Waals surface area contributed by atoms with E-state index in [0.29, 0.717) is 16.3 Å². The van der Waals surface area contributed by atoms with Gasteiger partial charge in [-0.3, -0.25) is 4.79 Å². The van der Waals surface area contributed by atoms with Gasteiger partial charge in [0.1, 0.15) is 17.6 Å². The highest BCUT2D eigenvalue weighted by atomic mass is 35.5. The molecule has 2 aromatic rings. The zero-order valence-electron chi connectivity index (χ0n) is 13.7. The van der Waals surface area contributed by atoms with E-state index >= 15 is 0 Å². The molecule has 5 nitrogen and oxygen atoms in total. The fraction of sp³-hybridized carbons (Fsp3) is 0.222. The van der Waals surface area contributed by atoms with E-state index in [2.05, 4.69) is 5.32 Å². The van der Waals surface area contributed by atoms with E-state index in [1.165, 1.54) is 32.4 Å². The summed E-state index contributed by atoms with van der Waals surface area (Å²) in [5.41, 5.74) is 0.822. The van der Waals surface area contributed by atoms with Crippen molar-refractivity contribution >= 4 is 23.5 Å². The van der Waals surface area contributed by atoms with Crippen LogP contribution in [0.2, 0.25) is 5.02 Å². The van der Waals surface area contributed by atoms with Crippen LogP contribution in [-0.4, -0.2) is 32.1 Å². The first-order valence-corrected chi connectivity index (χ1v) is 7.79. The predicted molar refractivity (Wildman–Crippen MR) is 91.4 cm³/mol. The van der Waals surface area contributed by atoms with Gasteiger partial charge in [-0.2, -0.15) is 0 Å². The smallest absolute Gasteiger partial charge is 0.328 e. The summed E-state index contributed by atoms with van der Waals surface area (Å²) < 4.78 is 23.1. The maximum absolute atomic E-state index is 13.3. The number of hydrogen-bond acceptors (Lipinski definition) is 4. The fourth-order valence-corrected chi connectivity index (χ4v) is 2.56. The van der Waals surface area contributed by atoms with Crippen molar-refractivity contribution in [2.45, 2.75) is 12.5 Å². The molecular weight excluding hydrogens is 349 g/mol. The number of carbonyl (C=O) groups is 2. The van der Waals surface area contributed by atoms with Crippen molar-refractivity contribution in [2.75, 3.05) is 14.2 Å². The quantitative estimate of drug-likeness (QED) is 0.799. The fourth-order valence-electron chi connectivity index (χ4n) is 2.28. The molecule has 1 amide bonds. The Morgan fingerprint density at radius 1 is 1.20 bits per heavy atom. The van der Waals surface area contributed by atoms with Crippen LogP contribution in [-0.2, 0) is 16.0 Å². The number of ether oxygens (including phenoxy) is 2. The number of nitrogens with one attached hydrogen (secondary N) is 1. The summed E-state index contributed by atoms with van der Waals surface area (Å²) in [6.07, 6.45) is 0.164. The number of benzene rings is 2. The Balaban J connectivity index is 2.17. The molecule has 0 spiro atoms. The van der Waals surface area contributed by atoms with Crippen LogP contribution in [0.5, 0.6) is 5.75 Å². The maximum atomic E-state index is 13.3. The van der Waals surface area contributed by atoms with Gasteiger partial charge in [-0.25, -0.2) is 9.18 Å². The highest BCUT2D eigenvalue weighted by molar-refractivity contribution is 6.32. The highest BCUT2D eigenvalue weighted by Crippen LogP contribution is 2.25. The largest absolute Gasteiger partial charge is 0.495 e. The van der Waals surface area contributed by atoms with E-state index < -0.39 is 23.7 Å². The lowest BCUT2D eigenvalue weighted by Crippen LogP contribution is -2.43. The van der Waals surface area contributed by atoms with Crippen LogP contribution in [0.25, 0.3) is 0 Å². The molecule has 0 unspecified atom stereocenters. The average Bonchev–Trinajstić information content (AvgIpc) is 2.60. The zero-order valence-corrected chi connectivity index (χ0v) is 14.5. The number of rotatable bonds is 6. The molecule has 132 valence electrons. The lowest BCUT2D eigenvalue weighted by Gasteiger charge is -2.17. The first-order valence-electron chi connectivity index (χ1n) is 7.41. The topological polar surface area (TPSA) is 64.6 Å². The van der Waals surface area contributed by atoms with Gasteiger partial charge in [-0.1, -0.05) is 23.7 Å².